The number of carbonyl (C=O) groups is 1. The van der Waals surface area contributed by atoms with Gasteiger partial charge in [-0.25, -0.2) is 0 Å². The second-order valence-corrected chi connectivity index (χ2v) is 4.36. The highest BCUT2D eigenvalue weighted by Gasteiger charge is 2.15. The molecule has 0 aliphatic heterocycles. The smallest absolute Gasteiger partial charge is 0.162 e. The monoisotopic (exact) mass is 248 g/mol. The first kappa shape index (κ1) is 11.5. The van der Waals surface area contributed by atoms with E-state index in [2.05, 4.69) is 10.2 Å². The molecule has 0 fully saturated rings. The van der Waals surface area contributed by atoms with Gasteiger partial charge in [-0.2, -0.15) is 0 Å². The van der Waals surface area contributed by atoms with Crippen molar-refractivity contribution in [1.82, 2.24) is 10.2 Å². The van der Waals surface area contributed by atoms with Crippen LogP contribution in [-0.4, -0.2) is 16.0 Å². The molecule has 0 aliphatic carbocycles. The van der Waals surface area contributed by atoms with E-state index in [0.29, 0.717) is 11.3 Å². The highest BCUT2D eigenvalue weighted by atomic mass is 16.1. The lowest BCUT2D eigenvalue weighted by Crippen LogP contribution is -2.02. The third-order valence-electron chi connectivity index (χ3n) is 3.07. The molecular weight excluding hydrogens is 236 g/mol. The number of rotatable bonds is 2. The van der Waals surface area contributed by atoms with E-state index in [1.807, 2.05) is 54.6 Å². The number of nitrogens with zero attached hydrogens (tertiary/aromatic N) is 2. The summed E-state index contributed by atoms with van der Waals surface area (Å²) in [5.74, 6) is 0.00459. The van der Waals surface area contributed by atoms with Crippen LogP contribution < -0.4 is 0 Å². The molecular formula is C16H12N2O. The Hall–Kier alpha value is -2.55. The van der Waals surface area contributed by atoms with Crippen molar-refractivity contribution in [2.75, 3.05) is 0 Å². The lowest BCUT2D eigenvalue weighted by molar-refractivity contribution is 0.101. The molecule has 2 aromatic carbocycles. The number of hydrogen-bond acceptors (Lipinski definition) is 3. The van der Waals surface area contributed by atoms with Gasteiger partial charge in [0.15, 0.2) is 5.78 Å². The number of aromatic nitrogens is 2. The molecule has 0 radical (unpaired) electrons. The summed E-state index contributed by atoms with van der Waals surface area (Å²) < 4.78 is 0. The van der Waals surface area contributed by atoms with Gasteiger partial charge < -0.3 is 0 Å². The fraction of sp³-hybridized carbons (Fsp3) is 0.0625. The lowest BCUT2D eigenvalue weighted by atomic mass is 9.99. The summed E-state index contributed by atoms with van der Waals surface area (Å²) in [5, 5.41) is 9.28. The molecule has 3 aromatic rings. The highest BCUT2D eigenvalue weighted by Crippen LogP contribution is 2.26. The Morgan fingerprint density at radius 1 is 0.895 bits per heavy atom. The van der Waals surface area contributed by atoms with Crippen molar-refractivity contribution in [2.24, 2.45) is 0 Å². The van der Waals surface area contributed by atoms with Gasteiger partial charge in [0.05, 0.1) is 11.1 Å². The maximum atomic E-state index is 12.0. The Bertz CT molecular complexity index is 751. The number of carbonyl (C=O) groups excluding carboxylic acids is 1. The SMILES string of the molecule is CC(=O)c1c(-c2ccccc2)nnc2ccccc12. The normalized spacial score (nSPS) is 10.6. The molecule has 1 heterocycles. The van der Waals surface area contributed by atoms with Gasteiger partial charge in [0.1, 0.15) is 5.69 Å². The minimum Gasteiger partial charge on any atom is -0.294 e. The Morgan fingerprint density at radius 2 is 1.58 bits per heavy atom. The van der Waals surface area contributed by atoms with Crippen molar-refractivity contribution in [1.29, 1.82) is 0 Å². The molecule has 3 heteroatoms. The molecule has 0 unspecified atom stereocenters. The van der Waals surface area contributed by atoms with E-state index in [-0.39, 0.29) is 5.78 Å². The van der Waals surface area contributed by atoms with Crippen LogP contribution in [0.25, 0.3) is 22.2 Å². The van der Waals surface area contributed by atoms with Crippen LogP contribution in [0.1, 0.15) is 17.3 Å². The predicted octanol–water partition coefficient (Wildman–Crippen LogP) is 3.50. The van der Waals surface area contributed by atoms with E-state index in [0.717, 1.165) is 16.5 Å². The van der Waals surface area contributed by atoms with Crippen molar-refractivity contribution >= 4 is 16.7 Å². The first-order chi connectivity index (χ1) is 9.27. The van der Waals surface area contributed by atoms with Crippen LogP contribution in [0.3, 0.4) is 0 Å². The van der Waals surface area contributed by atoms with Gasteiger partial charge in [-0.05, 0) is 13.0 Å². The number of hydrogen-bond donors (Lipinski definition) is 0. The molecule has 3 rings (SSSR count). The van der Waals surface area contributed by atoms with E-state index in [9.17, 15) is 4.79 Å². The zero-order chi connectivity index (χ0) is 13.2. The van der Waals surface area contributed by atoms with Crippen molar-refractivity contribution < 1.29 is 4.79 Å². The van der Waals surface area contributed by atoms with Gasteiger partial charge in [0, 0.05) is 10.9 Å². The minimum atomic E-state index is 0.00459. The molecule has 0 aliphatic rings. The molecule has 0 N–H and O–H groups in total. The Balaban J connectivity index is 2.37. The van der Waals surface area contributed by atoms with Crippen molar-refractivity contribution in [3.05, 3.63) is 60.2 Å². The molecule has 0 saturated carbocycles. The van der Waals surface area contributed by atoms with Gasteiger partial charge in [0.2, 0.25) is 0 Å². The fourth-order valence-corrected chi connectivity index (χ4v) is 2.21. The number of fused-ring (bicyclic) bond motifs is 1. The predicted molar refractivity (Wildman–Crippen MR) is 75.0 cm³/mol. The van der Waals surface area contributed by atoms with E-state index in [1.165, 1.54) is 0 Å². The van der Waals surface area contributed by atoms with E-state index in [1.54, 1.807) is 6.92 Å². The van der Waals surface area contributed by atoms with Gasteiger partial charge in [-0.1, -0.05) is 48.5 Å². The van der Waals surface area contributed by atoms with Crippen LogP contribution in [0.15, 0.2) is 54.6 Å². The molecule has 0 saturated heterocycles. The van der Waals surface area contributed by atoms with Crippen LogP contribution >= 0.6 is 0 Å². The summed E-state index contributed by atoms with van der Waals surface area (Å²) in [6.07, 6.45) is 0. The molecule has 3 nitrogen and oxygen atoms in total. The van der Waals surface area contributed by atoms with Crippen molar-refractivity contribution in [2.45, 2.75) is 6.92 Å². The molecule has 0 bridgehead atoms. The molecule has 19 heavy (non-hydrogen) atoms. The number of benzene rings is 2. The zero-order valence-corrected chi connectivity index (χ0v) is 10.5. The lowest BCUT2D eigenvalue weighted by Gasteiger charge is -2.08. The van der Waals surface area contributed by atoms with Crippen LogP contribution in [0, 0.1) is 0 Å². The Kier molecular flexibility index (Phi) is 2.80. The zero-order valence-electron chi connectivity index (χ0n) is 10.5. The van der Waals surface area contributed by atoms with Crippen molar-refractivity contribution in [3.8, 4) is 11.3 Å². The maximum Gasteiger partial charge on any atom is 0.162 e. The first-order valence-corrected chi connectivity index (χ1v) is 6.09. The fourth-order valence-electron chi connectivity index (χ4n) is 2.21. The maximum absolute atomic E-state index is 12.0. The van der Waals surface area contributed by atoms with E-state index < -0.39 is 0 Å². The van der Waals surface area contributed by atoms with Crippen LogP contribution in [0.5, 0.6) is 0 Å². The second-order valence-electron chi connectivity index (χ2n) is 4.36. The molecule has 1 aromatic heterocycles. The van der Waals surface area contributed by atoms with Crippen molar-refractivity contribution in [3.63, 3.8) is 0 Å². The molecule has 92 valence electrons. The summed E-state index contributed by atoms with van der Waals surface area (Å²) in [5.41, 5.74) is 2.93. The Labute approximate surface area is 110 Å². The molecule has 0 amide bonds. The third-order valence-corrected chi connectivity index (χ3v) is 3.07. The highest BCUT2D eigenvalue weighted by molar-refractivity contribution is 6.10. The van der Waals surface area contributed by atoms with E-state index >= 15 is 0 Å². The van der Waals surface area contributed by atoms with E-state index in [4.69, 9.17) is 0 Å². The standard InChI is InChI=1S/C16H12N2O/c1-11(19)15-13-9-5-6-10-14(13)17-18-16(15)12-7-3-2-4-8-12/h2-10H,1H3. The van der Waals surface area contributed by atoms with Crippen LogP contribution in [0.4, 0.5) is 0 Å². The number of Topliss-reactive ketones (excluding diaryl/α,β-unsaturated/α-hetero) is 1. The van der Waals surface area contributed by atoms with Gasteiger partial charge >= 0.3 is 0 Å². The summed E-state index contributed by atoms with van der Waals surface area (Å²) >= 11 is 0. The largest absolute Gasteiger partial charge is 0.294 e. The molecule has 0 spiro atoms. The first-order valence-electron chi connectivity index (χ1n) is 6.09. The molecule has 0 atom stereocenters. The second kappa shape index (κ2) is 4.61. The average Bonchev–Trinajstić information content (AvgIpc) is 2.46. The van der Waals surface area contributed by atoms with Gasteiger partial charge in [0.25, 0.3) is 0 Å². The quantitative estimate of drug-likeness (QED) is 0.652. The summed E-state index contributed by atoms with van der Waals surface area (Å²) in [6, 6.07) is 17.2. The van der Waals surface area contributed by atoms with Gasteiger partial charge in [-0.15, -0.1) is 10.2 Å². The summed E-state index contributed by atoms with van der Waals surface area (Å²) in [7, 11) is 0. The summed E-state index contributed by atoms with van der Waals surface area (Å²) in [4.78, 5) is 12.0. The minimum absolute atomic E-state index is 0.00459. The van der Waals surface area contributed by atoms with Gasteiger partial charge in [-0.3, -0.25) is 4.79 Å². The third kappa shape index (κ3) is 1.99. The number of ketones is 1. The average molecular weight is 248 g/mol. The summed E-state index contributed by atoms with van der Waals surface area (Å²) in [6.45, 7) is 1.57. The van der Waals surface area contributed by atoms with Crippen LogP contribution in [-0.2, 0) is 0 Å². The topological polar surface area (TPSA) is 42.9 Å². The van der Waals surface area contributed by atoms with Crippen LogP contribution in [0.2, 0.25) is 0 Å². The Morgan fingerprint density at radius 3 is 2.32 bits per heavy atom.